The van der Waals surface area contributed by atoms with Gasteiger partial charge in [0.2, 0.25) is 10.0 Å². The molecule has 3 aromatic rings. The maximum atomic E-state index is 13.7. The van der Waals surface area contributed by atoms with Gasteiger partial charge in [-0.1, -0.05) is 41.4 Å². The second kappa shape index (κ2) is 9.46. The second-order valence-corrected chi connectivity index (χ2v) is 9.70. The van der Waals surface area contributed by atoms with E-state index in [0.29, 0.717) is 17.7 Å². The third kappa shape index (κ3) is 5.75. The van der Waals surface area contributed by atoms with Crippen molar-refractivity contribution < 1.29 is 35.5 Å². The number of phenolic OH excluding ortho intramolecular Hbond substituents is 1. The first-order chi connectivity index (χ1) is 15.3. The molecule has 0 atom stereocenters. The van der Waals surface area contributed by atoms with Crippen LogP contribution in [0.15, 0.2) is 59.5 Å². The first-order valence-corrected chi connectivity index (χ1v) is 11.3. The standard InChI is InChI=1S/C21H14Cl2F5NO3S/c22-14-8-17(23)20(30)19(9-14)33(31,32)29(10-12-1-4-15(24)5-2-12)11-13-3-6-18(25)16(7-13)21(26,27)28/h1-9,30H,10-11H2. The van der Waals surface area contributed by atoms with Crippen LogP contribution in [0.25, 0.3) is 0 Å². The maximum absolute atomic E-state index is 13.7. The van der Waals surface area contributed by atoms with Gasteiger partial charge in [-0.2, -0.15) is 17.5 Å². The highest BCUT2D eigenvalue weighted by molar-refractivity contribution is 7.89. The molecule has 3 rings (SSSR count). The van der Waals surface area contributed by atoms with Crippen molar-refractivity contribution in [1.29, 1.82) is 0 Å². The molecule has 1 N–H and O–H groups in total. The highest BCUT2D eigenvalue weighted by atomic mass is 35.5. The zero-order valence-corrected chi connectivity index (χ0v) is 18.7. The molecule has 12 heteroatoms. The summed E-state index contributed by atoms with van der Waals surface area (Å²) in [5.74, 6) is -2.90. The molecule has 4 nitrogen and oxygen atoms in total. The van der Waals surface area contributed by atoms with Gasteiger partial charge in [-0.05, 0) is 47.5 Å². The lowest BCUT2D eigenvalue weighted by Crippen LogP contribution is -2.30. The zero-order valence-electron chi connectivity index (χ0n) is 16.4. The van der Waals surface area contributed by atoms with Crippen molar-refractivity contribution in [3.63, 3.8) is 0 Å². The summed E-state index contributed by atoms with van der Waals surface area (Å²) in [4.78, 5) is -0.680. The van der Waals surface area contributed by atoms with E-state index in [1.54, 1.807) is 0 Å². The molecule has 3 aromatic carbocycles. The van der Waals surface area contributed by atoms with Crippen molar-refractivity contribution in [2.45, 2.75) is 24.2 Å². The van der Waals surface area contributed by atoms with Crippen LogP contribution in [0.4, 0.5) is 22.0 Å². The molecule has 0 spiro atoms. The maximum Gasteiger partial charge on any atom is 0.419 e. The van der Waals surface area contributed by atoms with Crippen molar-refractivity contribution in [2.24, 2.45) is 0 Å². The van der Waals surface area contributed by atoms with E-state index in [9.17, 15) is 35.5 Å². The topological polar surface area (TPSA) is 57.6 Å². The summed E-state index contributed by atoms with van der Waals surface area (Å²) < 4.78 is 93.8. The number of sulfonamides is 1. The van der Waals surface area contributed by atoms with E-state index < -0.39 is 57.1 Å². The number of aromatic hydroxyl groups is 1. The highest BCUT2D eigenvalue weighted by Gasteiger charge is 2.35. The summed E-state index contributed by atoms with van der Waals surface area (Å²) in [5, 5.41) is 9.75. The van der Waals surface area contributed by atoms with Gasteiger partial charge in [0.1, 0.15) is 16.5 Å². The minimum Gasteiger partial charge on any atom is -0.505 e. The molecule has 176 valence electrons. The van der Waals surface area contributed by atoms with Gasteiger partial charge >= 0.3 is 6.18 Å². The van der Waals surface area contributed by atoms with Gasteiger partial charge in [-0.25, -0.2) is 17.2 Å². The number of nitrogens with zero attached hydrogens (tertiary/aromatic N) is 1. The van der Waals surface area contributed by atoms with Crippen molar-refractivity contribution >= 4 is 33.2 Å². The number of halogens is 7. The SMILES string of the molecule is O=S(=O)(c1cc(Cl)cc(Cl)c1O)N(Cc1ccc(F)cc1)Cc1ccc(F)c(C(F)(F)F)c1. The lowest BCUT2D eigenvalue weighted by Gasteiger charge is -2.24. The Morgan fingerprint density at radius 1 is 0.879 bits per heavy atom. The van der Waals surface area contributed by atoms with Crippen LogP contribution in [0.5, 0.6) is 5.75 Å². The van der Waals surface area contributed by atoms with Crippen LogP contribution >= 0.6 is 23.2 Å². The lowest BCUT2D eigenvalue weighted by molar-refractivity contribution is -0.140. The molecule has 0 aliphatic carbocycles. The van der Waals surface area contributed by atoms with Gasteiger partial charge in [0.05, 0.1) is 10.6 Å². The summed E-state index contributed by atoms with van der Waals surface area (Å²) in [5.41, 5.74) is -1.44. The van der Waals surface area contributed by atoms with Gasteiger partial charge < -0.3 is 5.11 Å². The summed E-state index contributed by atoms with van der Waals surface area (Å²) in [7, 11) is -4.60. The van der Waals surface area contributed by atoms with Crippen LogP contribution in [0.2, 0.25) is 10.0 Å². The molecule has 0 aliphatic heterocycles. The molecular formula is C21H14Cl2F5NO3S. The molecule has 0 unspecified atom stereocenters. The minimum atomic E-state index is -5.00. The summed E-state index contributed by atoms with van der Waals surface area (Å²) in [6.07, 6.45) is -5.00. The monoisotopic (exact) mass is 525 g/mol. The molecule has 0 aliphatic rings. The molecule has 0 aromatic heterocycles. The minimum absolute atomic E-state index is 0.112. The normalized spacial score (nSPS) is 12.4. The largest absolute Gasteiger partial charge is 0.505 e. The van der Waals surface area contributed by atoms with Gasteiger partial charge in [0, 0.05) is 18.1 Å². The van der Waals surface area contributed by atoms with Crippen molar-refractivity contribution in [3.8, 4) is 5.75 Å². The fourth-order valence-electron chi connectivity index (χ4n) is 2.99. The number of hydrogen-bond donors (Lipinski definition) is 1. The quantitative estimate of drug-likeness (QED) is 0.379. The van der Waals surface area contributed by atoms with Crippen LogP contribution < -0.4 is 0 Å². The Labute approximate surface area is 195 Å². The van der Waals surface area contributed by atoms with E-state index in [-0.39, 0.29) is 15.6 Å². The average molecular weight is 526 g/mol. The Morgan fingerprint density at radius 2 is 1.45 bits per heavy atom. The summed E-state index contributed by atoms with van der Waals surface area (Å²) in [6.45, 7) is -1.04. The van der Waals surface area contributed by atoms with Crippen LogP contribution in [0.3, 0.4) is 0 Å². The molecule has 0 heterocycles. The number of hydrogen-bond acceptors (Lipinski definition) is 3. The molecule has 0 saturated carbocycles. The Morgan fingerprint density at radius 3 is 2.06 bits per heavy atom. The summed E-state index contributed by atoms with van der Waals surface area (Å²) in [6, 6.07) is 8.84. The van der Waals surface area contributed by atoms with Crippen LogP contribution in [-0.2, 0) is 29.3 Å². The second-order valence-electron chi connectivity index (χ2n) is 6.95. The predicted molar refractivity (Wildman–Crippen MR) is 112 cm³/mol. The van der Waals surface area contributed by atoms with E-state index in [1.165, 1.54) is 12.1 Å². The van der Waals surface area contributed by atoms with E-state index in [4.69, 9.17) is 23.2 Å². The third-order valence-electron chi connectivity index (χ3n) is 4.58. The number of benzene rings is 3. The highest BCUT2D eigenvalue weighted by Crippen LogP contribution is 2.37. The Kier molecular flexibility index (Phi) is 7.23. The fraction of sp³-hybridized carbons (Fsp3) is 0.143. The number of alkyl halides is 3. The molecule has 0 amide bonds. The molecule has 0 radical (unpaired) electrons. The predicted octanol–water partition coefficient (Wildman–Crippen LogP) is 6.39. The number of rotatable bonds is 6. The Hall–Kier alpha value is -2.40. The first kappa shape index (κ1) is 25.2. The zero-order chi connectivity index (χ0) is 24.6. The van der Waals surface area contributed by atoms with E-state index in [2.05, 4.69) is 0 Å². The number of phenols is 1. The van der Waals surface area contributed by atoms with Gasteiger partial charge in [-0.3, -0.25) is 0 Å². The van der Waals surface area contributed by atoms with Gasteiger partial charge in [-0.15, -0.1) is 0 Å². The first-order valence-electron chi connectivity index (χ1n) is 9.07. The van der Waals surface area contributed by atoms with Crippen molar-refractivity contribution in [1.82, 2.24) is 4.31 Å². The summed E-state index contributed by atoms with van der Waals surface area (Å²) >= 11 is 11.7. The average Bonchev–Trinajstić information content (AvgIpc) is 2.72. The fourth-order valence-corrected chi connectivity index (χ4v) is 5.15. The molecule has 33 heavy (non-hydrogen) atoms. The Bertz CT molecular complexity index is 1280. The van der Waals surface area contributed by atoms with E-state index in [0.717, 1.165) is 34.6 Å². The molecule has 0 bridgehead atoms. The van der Waals surface area contributed by atoms with Gasteiger partial charge in [0.15, 0.2) is 5.75 Å². The third-order valence-corrected chi connectivity index (χ3v) is 6.89. The van der Waals surface area contributed by atoms with Crippen molar-refractivity contribution in [2.75, 3.05) is 0 Å². The van der Waals surface area contributed by atoms with E-state index in [1.807, 2.05) is 0 Å². The smallest absolute Gasteiger partial charge is 0.419 e. The molecular weight excluding hydrogens is 512 g/mol. The van der Waals surface area contributed by atoms with E-state index >= 15 is 0 Å². The van der Waals surface area contributed by atoms with Crippen molar-refractivity contribution in [3.05, 3.63) is 93.0 Å². The van der Waals surface area contributed by atoms with Gasteiger partial charge in [0.25, 0.3) is 0 Å². The van der Waals surface area contributed by atoms with Crippen LogP contribution in [-0.4, -0.2) is 17.8 Å². The molecule has 0 fully saturated rings. The lowest BCUT2D eigenvalue weighted by atomic mass is 10.1. The van der Waals surface area contributed by atoms with Crippen LogP contribution in [0.1, 0.15) is 16.7 Å². The van der Waals surface area contributed by atoms with Crippen LogP contribution in [0, 0.1) is 11.6 Å². The Balaban J connectivity index is 2.10. The molecule has 0 saturated heterocycles.